The molecule has 1 unspecified atom stereocenters. The van der Waals surface area contributed by atoms with Gasteiger partial charge in [-0.05, 0) is 88.9 Å². The first kappa shape index (κ1) is 34.9. The maximum absolute atomic E-state index is 14.3. The molecule has 1 aliphatic rings. The highest BCUT2D eigenvalue weighted by Gasteiger charge is 2.36. The minimum atomic E-state index is -0.677. The van der Waals surface area contributed by atoms with E-state index in [-0.39, 0.29) is 5.91 Å². The van der Waals surface area contributed by atoms with Crippen LogP contribution in [0.1, 0.15) is 36.6 Å². The Kier molecular flexibility index (Phi) is 11.2. The summed E-state index contributed by atoms with van der Waals surface area (Å²) in [6.45, 7) is 4.55. The number of allylic oxidation sites excluding steroid dienone is 1. The van der Waals surface area contributed by atoms with Crippen LogP contribution in [0, 0.1) is 0 Å². The van der Waals surface area contributed by atoms with Gasteiger partial charge in [-0.3, -0.25) is 4.79 Å². The van der Waals surface area contributed by atoms with Gasteiger partial charge in [0.25, 0.3) is 5.91 Å². The third kappa shape index (κ3) is 7.93. The van der Waals surface area contributed by atoms with Crippen molar-refractivity contribution in [1.29, 1.82) is 0 Å². The highest BCUT2D eigenvalue weighted by Crippen LogP contribution is 2.44. The summed E-state index contributed by atoms with van der Waals surface area (Å²) in [5, 5.41) is 12.5. The molecule has 1 atom stereocenters. The zero-order valence-electron chi connectivity index (χ0n) is 26.8. The van der Waals surface area contributed by atoms with E-state index < -0.39 is 6.04 Å². The lowest BCUT2D eigenvalue weighted by molar-refractivity contribution is -0.113. The molecule has 6 rings (SSSR count). The Morgan fingerprint density at radius 1 is 1.02 bits per heavy atom. The Balaban J connectivity index is 1.38. The van der Waals surface area contributed by atoms with Crippen LogP contribution in [0.2, 0.25) is 5.02 Å². The molecular weight excluding hydrogens is 794 g/mol. The third-order valence-electron chi connectivity index (χ3n) is 7.69. The molecule has 2 N–H and O–H groups in total. The summed E-state index contributed by atoms with van der Waals surface area (Å²) in [7, 11) is 1.59. The van der Waals surface area contributed by atoms with Crippen LogP contribution in [0.3, 0.4) is 0 Å². The van der Waals surface area contributed by atoms with E-state index in [4.69, 9.17) is 35.9 Å². The zero-order valence-corrected chi connectivity index (χ0v) is 31.5. The van der Waals surface area contributed by atoms with Crippen molar-refractivity contribution >= 4 is 72.8 Å². The number of fused-ring (bicyclic) bond motifs is 1. The van der Waals surface area contributed by atoms with Gasteiger partial charge < -0.3 is 24.8 Å². The number of hydrogen-bond acceptors (Lipinski definition) is 8. The SMILES string of the molecule is CCOc1ccccc1NC(=O)C1=C(C)Nc2nc(SCc3ccccc3Cl)nn2C1c1cc(Br)c(OCc2ccc(Br)cc2)c(OC)c1. The van der Waals surface area contributed by atoms with E-state index in [1.807, 2.05) is 98.8 Å². The molecule has 4 aromatic carbocycles. The number of carbonyl (C=O) groups excluding carboxylic acids is 1. The molecule has 1 amide bonds. The van der Waals surface area contributed by atoms with Crippen molar-refractivity contribution in [3.8, 4) is 17.2 Å². The molecule has 2 heterocycles. The molecule has 252 valence electrons. The first-order valence-corrected chi connectivity index (χ1v) is 18.3. The number of benzene rings is 4. The summed E-state index contributed by atoms with van der Waals surface area (Å²) in [6, 6.07) is 26.1. The average molecular weight is 826 g/mol. The van der Waals surface area contributed by atoms with Gasteiger partial charge >= 0.3 is 0 Å². The quantitative estimate of drug-likeness (QED) is 0.120. The second kappa shape index (κ2) is 15.7. The number of thioether (sulfide) groups is 1. The third-order valence-corrected chi connectivity index (χ3v) is 10.1. The maximum atomic E-state index is 14.3. The summed E-state index contributed by atoms with van der Waals surface area (Å²) in [5.41, 5.74) is 4.34. The smallest absolute Gasteiger partial charge is 0.255 e. The fraction of sp³-hybridized carbons (Fsp3) is 0.194. The van der Waals surface area contributed by atoms with Crippen LogP contribution in [0.15, 0.2) is 110 Å². The number of halogens is 3. The van der Waals surface area contributed by atoms with E-state index in [2.05, 4.69) is 42.5 Å². The van der Waals surface area contributed by atoms with Crippen LogP contribution in [0.4, 0.5) is 11.6 Å². The molecule has 0 spiro atoms. The minimum Gasteiger partial charge on any atom is -0.493 e. The number of ether oxygens (including phenoxy) is 3. The summed E-state index contributed by atoms with van der Waals surface area (Å²) in [5.74, 6) is 2.36. The number of hydrogen-bond donors (Lipinski definition) is 2. The van der Waals surface area contributed by atoms with E-state index in [0.29, 0.717) is 73.8 Å². The van der Waals surface area contributed by atoms with Crippen LogP contribution in [-0.4, -0.2) is 34.4 Å². The number of methoxy groups -OCH3 is 1. The standard InChI is InChI=1S/C36H32Br2ClN5O4S/c1-4-47-29-12-8-7-11-28(29)41-34(45)31-21(2)40-35-42-36(49-20-23-9-5-6-10-27(23)39)43-44(35)32(31)24-17-26(38)33(30(18-24)46-3)48-19-22-13-15-25(37)16-14-22/h5-18,32H,4,19-20H2,1-3H3,(H,41,45)(H,40,42,43). The van der Waals surface area contributed by atoms with Gasteiger partial charge in [0.1, 0.15) is 18.4 Å². The van der Waals surface area contributed by atoms with E-state index in [0.717, 1.165) is 21.2 Å². The van der Waals surface area contributed by atoms with Gasteiger partial charge in [-0.15, -0.1) is 5.10 Å². The van der Waals surface area contributed by atoms with Gasteiger partial charge in [-0.1, -0.05) is 81.8 Å². The molecule has 1 aliphatic heterocycles. The molecule has 0 bridgehead atoms. The molecule has 9 nitrogen and oxygen atoms in total. The van der Waals surface area contributed by atoms with Gasteiger partial charge in [0.05, 0.1) is 29.4 Å². The Hall–Kier alpha value is -3.97. The maximum Gasteiger partial charge on any atom is 0.255 e. The van der Waals surface area contributed by atoms with Crippen molar-refractivity contribution in [3.63, 3.8) is 0 Å². The number of aromatic nitrogens is 3. The van der Waals surface area contributed by atoms with Gasteiger partial charge in [0.15, 0.2) is 11.5 Å². The predicted octanol–water partition coefficient (Wildman–Crippen LogP) is 9.66. The molecule has 0 aliphatic carbocycles. The summed E-state index contributed by atoms with van der Waals surface area (Å²) >= 11 is 15.1. The lowest BCUT2D eigenvalue weighted by atomic mass is 9.94. The van der Waals surface area contributed by atoms with Crippen molar-refractivity contribution in [2.24, 2.45) is 0 Å². The number of rotatable bonds is 12. The van der Waals surface area contributed by atoms with Crippen molar-refractivity contribution in [3.05, 3.63) is 127 Å². The molecular formula is C36H32Br2ClN5O4S. The van der Waals surface area contributed by atoms with Crippen LogP contribution in [0.5, 0.6) is 17.2 Å². The number of amides is 1. The number of para-hydroxylation sites is 2. The molecule has 5 aromatic rings. The lowest BCUT2D eigenvalue weighted by Crippen LogP contribution is -2.31. The normalized spacial score (nSPS) is 13.8. The Morgan fingerprint density at radius 3 is 2.53 bits per heavy atom. The van der Waals surface area contributed by atoms with Gasteiger partial charge in [-0.2, -0.15) is 4.98 Å². The Labute approximate surface area is 310 Å². The molecule has 49 heavy (non-hydrogen) atoms. The molecule has 13 heteroatoms. The number of carbonyl (C=O) groups is 1. The highest BCUT2D eigenvalue weighted by atomic mass is 79.9. The Morgan fingerprint density at radius 2 is 1.78 bits per heavy atom. The molecule has 0 radical (unpaired) electrons. The molecule has 0 fully saturated rings. The first-order valence-electron chi connectivity index (χ1n) is 15.3. The van der Waals surface area contributed by atoms with E-state index >= 15 is 0 Å². The number of anilines is 2. The molecule has 1 aromatic heterocycles. The van der Waals surface area contributed by atoms with Crippen LogP contribution >= 0.6 is 55.2 Å². The Bertz CT molecular complexity index is 2020. The molecule has 0 saturated carbocycles. The fourth-order valence-corrected chi connectivity index (χ4v) is 7.32. The monoisotopic (exact) mass is 823 g/mol. The van der Waals surface area contributed by atoms with Crippen LogP contribution in [-0.2, 0) is 17.2 Å². The number of nitrogens with zero attached hydrogens (tertiary/aromatic N) is 3. The van der Waals surface area contributed by atoms with E-state index in [1.165, 1.54) is 11.8 Å². The second-order valence-electron chi connectivity index (χ2n) is 10.9. The number of nitrogens with one attached hydrogen (secondary N) is 2. The minimum absolute atomic E-state index is 0.320. The lowest BCUT2D eigenvalue weighted by Gasteiger charge is -2.29. The van der Waals surface area contributed by atoms with Crippen molar-refractivity contribution < 1.29 is 19.0 Å². The fourth-order valence-electron chi connectivity index (χ4n) is 5.37. The van der Waals surface area contributed by atoms with Crippen molar-refractivity contribution in [2.75, 3.05) is 24.4 Å². The summed E-state index contributed by atoms with van der Waals surface area (Å²) < 4.78 is 21.3. The molecule has 0 saturated heterocycles. The second-order valence-corrected chi connectivity index (χ2v) is 14.1. The largest absolute Gasteiger partial charge is 0.493 e. The van der Waals surface area contributed by atoms with Gasteiger partial charge in [-0.25, -0.2) is 4.68 Å². The van der Waals surface area contributed by atoms with Crippen LogP contribution in [0.25, 0.3) is 0 Å². The first-order chi connectivity index (χ1) is 23.7. The van der Waals surface area contributed by atoms with Crippen molar-refractivity contribution in [1.82, 2.24) is 14.8 Å². The highest BCUT2D eigenvalue weighted by molar-refractivity contribution is 9.10. The van der Waals surface area contributed by atoms with Gasteiger partial charge in [0.2, 0.25) is 11.1 Å². The van der Waals surface area contributed by atoms with E-state index in [1.54, 1.807) is 11.8 Å². The summed E-state index contributed by atoms with van der Waals surface area (Å²) in [6.07, 6.45) is 0. The van der Waals surface area contributed by atoms with E-state index in [9.17, 15) is 4.79 Å². The van der Waals surface area contributed by atoms with Crippen molar-refractivity contribution in [2.45, 2.75) is 37.4 Å². The predicted molar refractivity (Wildman–Crippen MR) is 201 cm³/mol. The van der Waals surface area contributed by atoms with Gasteiger partial charge in [0, 0.05) is 20.9 Å². The topological polar surface area (TPSA) is 99.5 Å². The van der Waals surface area contributed by atoms with Crippen LogP contribution < -0.4 is 24.8 Å². The zero-order chi connectivity index (χ0) is 34.5. The average Bonchev–Trinajstić information content (AvgIpc) is 3.50. The summed E-state index contributed by atoms with van der Waals surface area (Å²) in [4.78, 5) is 19.0.